The van der Waals surface area contributed by atoms with Crippen LogP contribution in [0.25, 0.3) is 5.69 Å². The number of hydrogen-bond acceptors (Lipinski definition) is 4. The van der Waals surface area contributed by atoms with Crippen molar-refractivity contribution in [2.24, 2.45) is 0 Å². The first-order valence-corrected chi connectivity index (χ1v) is 9.08. The summed E-state index contributed by atoms with van der Waals surface area (Å²) in [6, 6.07) is 16.0. The molecule has 0 unspecified atom stereocenters. The average molecular weight is 398 g/mol. The Balaban J connectivity index is 1.53. The van der Waals surface area contributed by atoms with Gasteiger partial charge in [0.1, 0.15) is 0 Å². The highest BCUT2D eigenvalue weighted by atomic mass is 35.5. The molecule has 28 heavy (non-hydrogen) atoms. The topological polar surface area (TPSA) is 64.4 Å². The van der Waals surface area contributed by atoms with Crippen LogP contribution in [0.3, 0.4) is 0 Å². The maximum absolute atomic E-state index is 12.2. The molecular weight excluding hydrogens is 378 g/mol. The summed E-state index contributed by atoms with van der Waals surface area (Å²) in [5, 5.41) is 4.86. The van der Waals surface area contributed by atoms with Gasteiger partial charge in [0.05, 0.1) is 11.3 Å². The molecule has 0 aliphatic heterocycles. The number of aryl methyl sites for hydroxylation is 1. The van der Waals surface area contributed by atoms with Gasteiger partial charge in [-0.05, 0) is 55.0 Å². The van der Waals surface area contributed by atoms with Crippen LogP contribution in [0.1, 0.15) is 21.6 Å². The molecular formula is C21H20ClN3O3. The number of nitrogens with zero attached hydrogens (tertiary/aromatic N) is 3. The van der Waals surface area contributed by atoms with Gasteiger partial charge in [0.2, 0.25) is 0 Å². The number of likely N-dealkylation sites (N-methyl/N-ethyl adjacent to an activating group) is 1. The molecule has 1 amide bonds. The minimum atomic E-state index is -0.544. The van der Waals surface area contributed by atoms with E-state index in [4.69, 9.17) is 16.3 Å². The highest BCUT2D eigenvalue weighted by molar-refractivity contribution is 6.30. The van der Waals surface area contributed by atoms with Crippen LogP contribution in [0.5, 0.6) is 0 Å². The molecule has 1 aromatic heterocycles. The second kappa shape index (κ2) is 8.71. The molecule has 144 valence electrons. The smallest absolute Gasteiger partial charge is 0.338 e. The van der Waals surface area contributed by atoms with Gasteiger partial charge in [0.15, 0.2) is 6.61 Å². The summed E-state index contributed by atoms with van der Waals surface area (Å²) < 4.78 is 6.92. The SMILES string of the molecule is Cc1ccnn1-c1ccc(C(=O)OCC(=O)N(C)Cc2ccc(Cl)cc2)cc1. The number of esters is 1. The van der Waals surface area contributed by atoms with Crippen molar-refractivity contribution in [3.05, 3.63) is 82.6 Å². The van der Waals surface area contributed by atoms with Crippen molar-refractivity contribution in [1.82, 2.24) is 14.7 Å². The number of halogens is 1. The third-order valence-corrected chi connectivity index (χ3v) is 4.52. The normalized spacial score (nSPS) is 10.5. The number of rotatable bonds is 6. The van der Waals surface area contributed by atoms with E-state index in [9.17, 15) is 9.59 Å². The van der Waals surface area contributed by atoms with Crippen LogP contribution in [0.2, 0.25) is 5.02 Å². The maximum atomic E-state index is 12.2. The van der Waals surface area contributed by atoms with E-state index in [-0.39, 0.29) is 12.5 Å². The Hall–Kier alpha value is -3.12. The van der Waals surface area contributed by atoms with Crippen molar-refractivity contribution < 1.29 is 14.3 Å². The molecule has 1 heterocycles. The van der Waals surface area contributed by atoms with E-state index in [1.807, 2.05) is 25.1 Å². The lowest BCUT2D eigenvalue weighted by atomic mass is 10.2. The largest absolute Gasteiger partial charge is 0.452 e. The second-order valence-electron chi connectivity index (χ2n) is 6.38. The van der Waals surface area contributed by atoms with E-state index in [0.717, 1.165) is 16.9 Å². The van der Waals surface area contributed by atoms with Crippen LogP contribution in [0.15, 0.2) is 60.8 Å². The van der Waals surface area contributed by atoms with Gasteiger partial charge < -0.3 is 9.64 Å². The summed E-state index contributed by atoms with van der Waals surface area (Å²) in [7, 11) is 1.66. The van der Waals surface area contributed by atoms with Crippen molar-refractivity contribution in [3.63, 3.8) is 0 Å². The molecule has 3 rings (SSSR count). The molecule has 0 aliphatic rings. The summed E-state index contributed by atoms with van der Waals surface area (Å²) in [5.74, 6) is -0.830. The standard InChI is InChI=1S/C21H20ClN3O3/c1-15-11-12-23-25(15)19-9-5-17(6-10-19)21(27)28-14-20(26)24(2)13-16-3-7-18(22)8-4-16/h3-12H,13-14H2,1-2H3. The summed E-state index contributed by atoms with van der Waals surface area (Å²) in [5.41, 5.74) is 3.15. The number of hydrogen-bond donors (Lipinski definition) is 0. The van der Waals surface area contributed by atoms with Crippen molar-refractivity contribution in [2.45, 2.75) is 13.5 Å². The molecule has 3 aromatic rings. The fourth-order valence-electron chi connectivity index (χ4n) is 2.65. The van der Waals surface area contributed by atoms with Gasteiger partial charge in [-0.3, -0.25) is 4.79 Å². The van der Waals surface area contributed by atoms with Crippen LogP contribution in [-0.4, -0.2) is 40.2 Å². The van der Waals surface area contributed by atoms with Gasteiger partial charge >= 0.3 is 5.97 Å². The lowest BCUT2D eigenvalue weighted by Crippen LogP contribution is -2.30. The van der Waals surface area contributed by atoms with E-state index < -0.39 is 5.97 Å². The summed E-state index contributed by atoms with van der Waals surface area (Å²) in [6.07, 6.45) is 1.71. The van der Waals surface area contributed by atoms with Gasteiger partial charge in [-0.25, -0.2) is 9.48 Å². The number of aromatic nitrogens is 2. The lowest BCUT2D eigenvalue weighted by molar-refractivity contribution is -0.133. The Kier molecular flexibility index (Phi) is 6.11. The van der Waals surface area contributed by atoms with E-state index >= 15 is 0 Å². The fraction of sp³-hybridized carbons (Fsp3) is 0.190. The predicted molar refractivity (Wildman–Crippen MR) is 107 cm³/mol. The van der Waals surface area contributed by atoms with Crippen molar-refractivity contribution in [1.29, 1.82) is 0 Å². The van der Waals surface area contributed by atoms with Crippen LogP contribution in [-0.2, 0) is 16.1 Å². The molecule has 6 nitrogen and oxygen atoms in total. The monoisotopic (exact) mass is 397 g/mol. The van der Waals surface area contributed by atoms with Gasteiger partial charge in [-0.15, -0.1) is 0 Å². The number of carbonyl (C=O) groups excluding carboxylic acids is 2. The van der Waals surface area contributed by atoms with Crippen LogP contribution < -0.4 is 0 Å². The lowest BCUT2D eigenvalue weighted by Gasteiger charge is -2.17. The third-order valence-electron chi connectivity index (χ3n) is 4.27. The van der Waals surface area contributed by atoms with E-state index in [2.05, 4.69) is 5.10 Å². The number of benzene rings is 2. The molecule has 0 spiro atoms. The predicted octanol–water partition coefficient (Wildman–Crippen LogP) is 3.65. The van der Waals surface area contributed by atoms with E-state index in [1.54, 1.807) is 54.3 Å². The molecule has 0 aliphatic carbocycles. The van der Waals surface area contributed by atoms with Crippen LogP contribution in [0.4, 0.5) is 0 Å². The minimum absolute atomic E-state index is 0.285. The third kappa shape index (κ3) is 4.78. The average Bonchev–Trinajstić information content (AvgIpc) is 3.13. The summed E-state index contributed by atoms with van der Waals surface area (Å²) >= 11 is 5.86. The maximum Gasteiger partial charge on any atom is 0.338 e. The van der Waals surface area contributed by atoms with E-state index in [0.29, 0.717) is 17.1 Å². The first-order chi connectivity index (χ1) is 13.4. The van der Waals surface area contributed by atoms with Gasteiger partial charge in [-0.2, -0.15) is 5.10 Å². The summed E-state index contributed by atoms with van der Waals surface area (Å²) in [6.45, 7) is 2.04. The van der Waals surface area contributed by atoms with Crippen molar-refractivity contribution in [2.75, 3.05) is 13.7 Å². The van der Waals surface area contributed by atoms with Gasteiger partial charge in [0.25, 0.3) is 5.91 Å². The highest BCUT2D eigenvalue weighted by Crippen LogP contribution is 2.13. The molecule has 0 saturated carbocycles. The molecule has 0 radical (unpaired) electrons. The Morgan fingerprint density at radius 2 is 1.75 bits per heavy atom. The Morgan fingerprint density at radius 3 is 2.36 bits per heavy atom. The van der Waals surface area contributed by atoms with Gasteiger partial charge in [-0.1, -0.05) is 23.7 Å². The first kappa shape index (κ1) is 19.6. The van der Waals surface area contributed by atoms with E-state index in [1.165, 1.54) is 4.90 Å². The van der Waals surface area contributed by atoms with Crippen LogP contribution >= 0.6 is 11.6 Å². The number of carbonyl (C=O) groups is 2. The fourth-order valence-corrected chi connectivity index (χ4v) is 2.78. The molecule has 0 fully saturated rings. The molecule has 7 heteroatoms. The van der Waals surface area contributed by atoms with Gasteiger partial charge in [0, 0.05) is 30.5 Å². The summed E-state index contributed by atoms with van der Waals surface area (Å²) in [4.78, 5) is 25.9. The highest BCUT2D eigenvalue weighted by Gasteiger charge is 2.14. The molecule has 0 saturated heterocycles. The molecule has 2 aromatic carbocycles. The zero-order valence-corrected chi connectivity index (χ0v) is 16.4. The van der Waals surface area contributed by atoms with Crippen molar-refractivity contribution in [3.8, 4) is 5.69 Å². The number of ether oxygens (including phenoxy) is 1. The second-order valence-corrected chi connectivity index (χ2v) is 6.82. The minimum Gasteiger partial charge on any atom is -0.452 e. The number of amides is 1. The Bertz CT molecular complexity index is 965. The van der Waals surface area contributed by atoms with Crippen LogP contribution in [0, 0.1) is 6.92 Å². The molecule has 0 atom stereocenters. The first-order valence-electron chi connectivity index (χ1n) is 8.70. The zero-order chi connectivity index (χ0) is 20.1. The molecule has 0 bridgehead atoms. The molecule has 0 N–H and O–H groups in total. The zero-order valence-electron chi connectivity index (χ0n) is 15.6. The quantitative estimate of drug-likeness (QED) is 0.595. The Morgan fingerprint density at radius 1 is 1.07 bits per heavy atom. The van der Waals surface area contributed by atoms with Crippen molar-refractivity contribution >= 4 is 23.5 Å². The Labute approximate surface area is 168 Å².